The molecule has 0 aliphatic carbocycles. The van der Waals surface area contributed by atoms with Gasteiger partial charge in [-0.3, -0.25) is 4.79 Å². The predicted molar refractivity (Wildman–Crippen MR) is 67.9 cm³/mol. The molecule has 1 heterocycles. The van der Waals surface area contributed by atoms with E-state index in [1.54, 1.807) is 36.5 Å². The molecule has 1 aromatic carbocycles. The Morgan fingerprint density at radius 3 is 2.72 bits per heavy atom. The molecule has 0 saturated carbocycles. The van der Waals surface area contributed by atoms with Gasteiger partial charge in [-0.2, -0.15) is 0 Å². The highest BCUT2D eigenvalue weighted by atomic mass is 16.5. The molecule has 0 atom stereocenters. The summed E-state index contributed by atoms with van der Waals surface area (Å²) in [6.07, 6.45) is 1.58. The molecule has 0 aliphatic heterocycles. The zero-order chi connectivity index (χ0) is 13.0. The lowest BCUT2D eigenvalue weighted by Gasteiger charge is -2.10. The Kier molecular flexibility index (Phi) is 3.43. The van der Waals surface area contributed by atoms with E-state index in [0.717, 1.165) is 0 Å². The standard InChI is InChI=1S/C13H13N3O2/c14-12-11(6-3-7-16-12)18-8-9-4-1-2-5-10(9)13(15)17/h1-7H,8H2,(H2,14,16)(H2,15,17). The lowest BCUT2D eigenvalue weighted by molar-refractivity contribution is 0.0998. The topological polar surface area (TPSA) is 91.2 Å². The molecule has 1 aromatic heterocycles. The summed E-state index contributed by atoms with van der Waals surface area (Å²) in [5, 5.41) is 0. The quantitative estimate of drug-likeness (QED) is 0.847. The number of ether oxygens (including phenoxy) is 1. The molecule has 1 amide bonds. The molecule has 0 unspecified atom stereocenters. The number of carbonyl (C=O) groups is 1. The van der Waals surface area contributed by atoms with Gasteiger partial charge in [0.05, 0.1) is 0 Å². The van der Waals surface area contributed by atoms with Crippen LogP contribution in [0.2, 0.25) is 0 Å². The Morgan fingerprint density at radius 1 is 1.22 bits per heavy atom. The van der Waals surface area contributed by atoms with Gasteiger partial charge in [0.1, 0.15) is 6.61 Å². The highest BCUT2D eigenvalue weighted by Gasteiger charge is 2.08. The summed E-state index contributed by atoms with van der Waals surface area (Å²) in [4.78, 5) is 15.1. The summed E-state index contributed by atoms with van der Waals surface area (Å²) in [7, 11) is 0. The first kappa shape index (κ1) is 11.9. The van der Waals surface area contributed by atoms with E-state index in [0.29, 0.717) is 22.7 Å². The van der Waals surface area contributed by atoms with Crippen LogP contribution in [0.3, 0.4) is 0 Å². The third-order valence-electron chi connectivity index (χ3n) is 2.47. The zero-order valence-corrected chi connectivity index (χ0v) is 9.67. The van der Waals surface area contributed by atoms with Crippen molar-refractivity contribution in [2.24, 2.45) is 5.73 Å². The van der Waals surface area contributed by atoms with Gasteiger partial charge in [0.15, 0.2) is 11.6 Å². The number of hydrogen-bond donors (Lipinski definition) is 2. The summed E-state index contributed by atoms with van der Waals surface area (Å²) >= 11 is 0. The Hall–Kier alpha value is -2.56. The van der Waals surface area contributed by atoms with Crippen LogP contribution in [0.15, 0.2) is 42.6 Å². The second-order valence-corrected chi connectivity index (χ2v) is 3.70. The van der Waals surface area contributed by atoms with E-state index < -0.39 is 5.91 Å². The first-order valence-electron chi connectivity index (χ1n) is 5.39. The second kappa shape index (κ2) is 5.18. The van der Waals surface area contributed by atoms with Crippen molar-refractivity contribution in [3.63, 3.8) is 0 Å². The van der Waals surface area contributed by atoms with Gasteiger partial charge in [-0.15, -0.1) is 0 Å². The molecule has 0 saturated heterocycles. The normalized spacial score (nSPS) is 10.0. The first-order chi connectivity index (χ1) is 8.68. The number of benzene rings is 1. The monoisotopic (exact) mass is 243 g/mol. The smallest absolute Gasteiger partial charge is 0.249 e. The fraction of sp³-hybridized carbons (Fsp3) is 0.0769. The van der Waals surface area contributed by atoms with Gasteiger partial charge in [-0.25, -0.2) is 4.98 Å². The maximum atomic E-state index is 11.2. The second-order valence-electron chi connectivity index (χ2n) is 3.70. The molecule has 92 valence electrons. The van der Waals surface area contributed by atoms with Gasteiger partial charge < -0.3 is 16.2 Å². The summed E-state index contributed by atoms with van der Waals surface area (Å²) < 4.78 is 5.52. The lowest BCUT2D eigenvalue weighted by atomic mass is 10.1. The van der Waals surface area contributed by atoms with Crippen molar-refractivity contribution in [2.45, 2.75) is 6.61 Å². The molecule has 0 spiro atoms. The number of nitrogens with two attached hydrogens (primary N) is 2. The summed E-state index contributed by atoms with van der Waals surface area (Å²) in [5.41, 5.74) is 12.1. The van der Waals surface area contributed by atoms with Crippen LogP contribution in [0.5, 0.6) is 5.75 Å². The van der Waals surface area contributed by atoms with Crippen molar-refractivity contribution in [2.75, 3.05) is 5.73 Å². The molecule has 5 heteroatoms. The number of nitrogen functional groups attached to an aromatic ring is 1. The number of nitrogens with zero attached hydrogens (tertiary/aromatic N) is 1. The van der Waals surface area contributed by atoms with E-state index in [1.807, 2.05) is 6.07 Å². The molecule has 18 heavy (non-hydrogen) atoms. The fourth-order valence-corrected chi connectivity index (χ4v) is 1.57. The lowest BCUT2D eigenvalue weighted by Crippen LogP contribution is -2.14. The molecule has 0 radical (unpaired) electrons. The number of amides is 1. The minimum atomic E-state index is -0.478. The van der Waals surface area contributed by atoms with E-state index in [9.17, 15) is 4.79 Å². The average molecular weight is 243 g/mol. The van der Waals surface area contributed by atoms with Crippen molar-refractivity contribution in [3.05, 3.63) is 53.7 Å². The molecule has 0 fully saturated rings. The van der Waals surface area contributed by atoms with Crippen LogP contribution in [0.1, 0.15) is 15.9 Å². The number of rotatable bonds is 4. The van der Waals surface area contributed by atoms with Crippen LogP contribution in [0, 0.1) is 0 Å². The van der Waals surface area contributed by atoms with Gasteiger partial charge >= 0.3 is 0 Å². The van der Waals surface area contributed by atoms with Gasteiger partial charge in [0.25, 0.3) is 0 Å². The number of carbonyl (C=O) groups excluding carboxylic acids is 1. The fourth-order valence-electron chi connectivity index (χ4n) is 1.57. The van der Waals surface area contributed by atoms with Gasteiger partial charge in [-0.05, 0) is 18.2 Å². The minimum absolute atomic E-state index is 0.217. The highest BCUT2D eigenvalue weighted by molar-refractivity contribution is 5.94. The van der Waals surface area contributed by atoms with E-state index >= 15 is 0 Å². The third kappa shape index (κ3) is 2.57. The van der Waals surface area contributed by atoms with Crippen LogP contribution >= 0.6 is 0 Å². The van der Waals surface area contributed by atoms with Crippen molar-refractivity contribution in [1.29, 1.82) is 0 Å². The Morgan fingerprint density at radius 2 is 2.00 bits per heavy atom. The van der Waals surface area contributed by atoms with Gasteiger partial charge in [0.2, 0.25) is 5.91 Å². The van der Waals surface area contributed by atoms with E-state index in [4.69, 9.17) is 16.2 Å². The van der Waals surface area contributed by atoms with E-state index in [2.05, 4.69) is 4.98 Å². The Labute approximate surface area is 104 Å². The van der Waals surface area contributed by atoms with Crippen LogP contribution in [-0.2, 0) is 6.61 Å². The summed E-state index contributed by atoms with van der Waals surface area (Å²) in [6.45, 7) is 0.217. The highest BCUT2D eigenvalue weighted by Crippen LogP contribution is 2.19. The molecule has 0 aliphatic rings. The molecular formula is C13H13N3O2. The van der Waals surface area contributed by atoms with Crippen LogP contribution in [-0.4, -0.2) is 10.9 Å². The average Bonchev–Trinajstić information content (AvgIpc) is 2.38. The largest absolute Gasteiger partial charge is 0.485 e. The third-order valence-corrected chi connectivity index (χ3v) is 2.47. The van der Waals surface area contributed by atoms with Crippen LogP contribution in [0.4, 0.5) is 5.82 Å². The number of anilines is 1. The van der Waals surface area contributed by atoms with Crippen LogP contribution in [0.25, 0.3) is 0 Å². The molecule has 0 bridgehead atoms. The molecule has 2 aromatic rings. The number of primary amides is 1. The predicted octanol–water partition coefficient (Wildman–Crippen LogP) is 1.34. The maximum Gasteiger partial charge on any atom is 0.249 e. The number of pyridine rings is 1. The SMILES string of the molecule is NC(=O)c1ccccc1COc1cccnc1N. The zero-order valence-electron chi connectivity index (χ0n) is 9.67. The Balaban J connectivity index is 2.16. The number of aromatic nitrogens is 1. The van der Waals surface area contributed by atoms with Gasteiger partial charge in [-0.1, -0.05) is 18.2 Å². The van der Waals surface area contributed by atoms with Crippen LogP contribution < -0.4 is 16.2 Å². The van der Waals surface area contributed by atoms with E-state index in [-0.39, 0.29) is 6.61 Å². The maximum absolute atomic E-state index is 11.2. The molecule has 2 rings (SSSR count). The molecule has 5 nitrogen and oxygen atoms in total. The van der Waals surface area contributed by atoms with Crippen molar-refractivity contribution >= 4 is 11.7 Å². The molecular weight excluding hydrogens is 230 g/mol. The molecule has 4 N–H and O–H groups in total. The van der Waals surface area contributed by atoms with Gasteiger partial charge in [0, 0.05) is 17.3 Å². The van der Waals surface area contributed by atoms with Crippen molar-refractivity contribution < 1.29 is 9.53 Å². The minimum Gasteiger partial charge on any atom is -0.485 e. The van der Waals surface area contributed by atoms with Crippen molar-refractivity contribution in [3.8, 4) is 5.75 Å². The summed E-state index contributed by atoms with van der Waals surface area (Å²) in [6, 6.07) is 10.5. The first-order valence-corrected chi connectivity index (χ1v) is 5.39. The van der Waals surface area contributed by atoms with E-state index in [1.165, 1.54) is 0 Å². The Bertz CT molecular complexity index is 570. The summed E-state index contributed by atoms with van der Waals surface area (Å²) in [5.74, 6) is 0.319. The number of hydrogen-bond acceptors (Lipinski definition) is 4. The van der Waals surface area contributed by atoms with Crippen molar-refractivity contribution in [1.82, 2.24) is 4.98 Å².